The third-order valence-corrected chi connectivity index (χ3v) is 5.50. The summed E-state index contributed by atoms with van der Waals surface area (Å²) < 4.78 is 18.7. The van der Waals surface area contributed by atoms with Gasteiger partial charge < -0.3 is 10.1 Å². The lowest BCUT2D eigenvalue weighted by Gasteiger charge is -2.03. The van der Waals surface area contributed by atoms with E-state index in [0.717, 1.165) is 21.2 Å². The van der Waals surface area contributed by atoms with E-state index < -0.39 is 0 Å². The number of halogens is 1. The fourth-order valence-electron chi connectivity index (χ4n) is 2.14. The molecular formula is C18H16FN3O2S2. The van der Waals surface area contributed by atoms with Gasteiger partial charge in [0.15, 0.2) is 4.34 Å². The molecular weight excluding hydrogens is 373 g/mol. The average Bonchev–Trinajstić information content (AvgIpc) is 3.09. The number of nitrogens with one attached hydrogen (secondary N) is 1. The molecule has 0 aliphatic rings. The molecule has 0 fully saturated rings. The van der Waals surface area contributed by atoms with Crippen LogP contribution in [0.2, 0.25) is 0 Å². The van der Waals surface area contributed by atoms with Crippen LogP contribution >= 0.6 is 23.1 Å². The zero-order chi connectivity index (χ0) is 18.4. The van der Waals surface area contributed by atoms with Crippen LogP contribution in [-0.4, -0.2) is 23.2 Å². The van der Waals surface area contributed by atoms with Gasteiger partial charge in [0.05, 0.1) is 13.5 Å². The number of hydrogen-bond donors (Lipinski definition) is 1. The minimum atomic E-state index is -0.253. The van der Waals surface area contributed by atoms with Crippen LogP contribution in [0.15, 0.2) is 52.9 Å². The van der Waals surface area contributed by atoms with Gasteiger partial charge in [-0.1, -0.05) is 47.4 Å². The SMILES string of the molecule is COc1ccc(CC(=O)Nc2nnc(SCc3ccc(F)cc3)s2)cc1. The lowest BCUT2D eigenvalue weighted by molar-refractivity contribution is -0.115. The number of amides is 1. The predicted molar refractivity (Wildman–Crippen MR) is 101 cm³/mol. The number of carbonyl (C=O) groups is 1. The van der Waals surface area contributed by atoms with Crippen LogP contribution in [0.3, 0.4) is 0 Å². The van der Waals surface area contributed by atoms with E-state index in [-0.39, 0.29) is 18.1 Å². The Labute approximate surface area is 158 Å². The first-order valence-electron chi connectivity index (χ1n) is 7.76. The van der Waals surface area contributed by atoms with Crippen LogP contribution in [0, 0.1) is 5.82 Å². The molecule has 8 heteroatoms. The maximum atomic E-state index is 12.9. The predicted octanol–water partition coefficient (Wildman–Crippen LogP) is 4.16. The lowest BCUT2D eigenvalue weighted by Crippen LogP contribution is -2.14. The Morgan fingerprint density at radius 2 is 1.81 bits per heavy atom. The number of hydrogen-bond acceptors (Lipinski definition) is 6. The summed E-state index contributed by atoms with van der Waals surface area (Å²) in [6, 6.07) is 13.7. The molecule has 0 spiro atoms. The van der Waals surface area contributed by atoms with Gasteiger partial charge >= 0.3 is 0 Å². The maximum absolute atomic E-state index is 12.9. The van der Waals surface area contributed by atoms with Gasteiger partial charge in [0.2, 0.25) is 11.0 Å². The minimum Gasteiger partial charge on any atom is -0.497 e. The van der Waals surface area contributed by atoms with Crippen LogP contribution < -0.4 is 10.1 Å². The molecule has 3 aromatic rings. The maximum Gasteiger partial charge on any atom is 0.230 e. The fourth-order valence-corrected chi connectivity index (χ4v) is 3.86. The highest BCUT2D eigenvalue weighted by molar-refractivity contribution is 8.00. The molecule has 5 nitrogen and oxygen atoms in total. The summed E-state index contributed by atoms with van der Waals surface area (Å²) >= 11 is 2.81. The zero-order valence-electron chi connectivity index (χ0n) is 13.9. The molecule has 0 aliphatic carbocycles. The molecule has 0 aliphatic heterocycles. The summed E-state index contributed by atoms with van der Waals surface area (Å²) in [4.78, 5) is 12.1. The highest BCUT2D eigenvalue weighted by atomic mass is 32.2. The smallest absolute Gasteiger partial charge is 0.230 e. The van der Waals surface area contributed by atoms with Gasteiger partial charge in [-0.15, -0.1) is 10.2 Å². The zero-order valence-corrected chi connectivity index (χ0v) is 15.6. The molecule has 3 rings (SSSR count). The lowest BCUT2D eigenvalue weighted by atomic mass is 10.1. The summed E-state index contributed by atoms with van der Waals surface area (Å²) in [7, 11) is 1.60. The van der Waals surface area contributed by atoms with E-state index in [2.05, 4.69) is 15.5 Å². The summed E-state index contributed by atoms with van der Waals surface area (Å²) in [5, 5.41) is 11.3. The van der Waals surface area contributed by atoms with Crippen molar-refractivity contribution in [2.24, 2.45) is 0 Å². The average molecular weight is 389 g/mol. The summed E-state index contributed by atoms with van der Waals surface area (Å²) in [6.45, 7) is 0. The second-order valence-corrected chi connectivity index (χ2v) is 7.56. The van der Waals surface area contributed by atoms with Crippen LogP contribution in [-0.2, 0) is 17.0 Å². The molecule has 1 amide bonds. The van der Waals surface area contributed by atoms with E-state index in [0.29, 0.717) is 10.9 Å². The van der Waals surface area contributed by atoms with Gasteiger partial charge in [-0.2, -0.15) is 0 Å². The molecule has 134 valence electrons. The second-order valence-electron chi connectivity index (χ2n) is 5.36. The second kappa shape index (κ2) is 8.77. The number of thioether (sulfide) groups is 1. The van der Waals surface area contributed by atoms with Crippen LogP contribution in [0.5, 0.6) is 5.75 Å². The minimum absolute atomic E-state index is 0.151. The van der Waals surface area contributed by atoms with Crippen molar-refractivity contribution in [3.63, 3.8) is 0 Å². The molecule has 0 bridgehead atoms. The van der Waals surface area contributed by atoms with E-state index in [1.807, 2.05) is 24.3 Å². The van der Waals surface area contributed by atoms with Gasteiger partial charge in [0.25, 0.3) is 0 Å². The molecule has 1 heterocycles. The number of anilines is 1. The topological polar surface area (TPSA) is 64.1 Å². The number of benzene rings is 2. The van der Waals surface area contributed by atoms with Crippen molar-refractivity contribution in [1.82, 2.24) is 10.2 Å². The van der Waals surface area contributed by atoms with Crippen molar-refractivity contribution in [2.75, 3.05) is 12.4 Å². The first-order valence-corrected chi connectivity index (χ1v) is 9.56. The van der Waals surface area contributed by atoms with E-state index in [1.165, 1.54) is 35.2 Å². The Balaban J connectivity index is 1.50. The van der Waals surface area contributed by atoms with Crippen molar-refractivity contribution in [3.8, 4) is 5.75 Å². The van der Waals surface area contributed by atoms with Crippen molar-refractivity contribution in [3.05, 3.63) is 65.5 Å². The van der Waals surface area contributed by atoms with Crippen LogP contribution in [0.1, 0.15) is 11.1 Å². The first kappa shape index (κ1) is 18.3. The molecule has 0 saturated heterocycles. The third-order valence-electron chi connectivity index (χ3n) is 3.45. The molecule has 26 heavy (non-hydrogen) atoms. The number of rotatable bonds is 7. The monoisotopic (exact) mass is 389 g/mol. The summed E-state index contributed by atoms with van der Waals surface area (Å²) in [5.41, 5.74) is 1.88. The van der Waals surface area contributed by atoms with Crippen molar-refractivity contribution < 1.29 is 13.9 Å². The Morgan fingerprint density at radius 3 is 2.50 bits per heavy atom. The van der Waals surface area contributed by atoms with Crippen LogP contribution in [0.25, 0.3) is 0 Å². The third kappa shape index (κ3) is 5.27. The number of aromatic nitrogens is 2. The van der Waals surface area contributed by atoms with Crippen molar-refractivity contribution in [2.45, 2.75) is 16.5 Å². The van der Waals surface area contributed by atoms with Crippen LogP contribution in [0.4, 0.5) is 9.52 Å². The van der Waals surface area contributed by atoms with Gasteiger partial charge in [0.1, 0.15) is 11.6 Å². The quantitative estimate of drug-likeness (QED) is 0.486. The highest BCUT2D eigenvalue weighted by Gasteiger charge is 2.10. The molecule has 1 aromatic heterocycles. The fraction of sp³-hybridized carbons (Fsp3) is 0.167. The molecule has 0 radical (unpaired) electrons. The molecule has 1 N–H and O–H groups in total. The Bertz CT molecular complexity index is 867. The van der Waals surface area contributed by atoms with E-state index in [1.54, 1.807) is 19.2 Å². The Kier molecular flexibility index (Phi) is 6.19. The van der Waals surface area contributed by atoms with Crippen molar-refractivity contribution in [1.29, 1.82) is 0 Å². The van der Waals surface area contributed by atoms with Gasteiger partial charge in [-0.05, 0) is 35.4 Å². The number of nitrogens with zero attached hydrogens (tertiary/aromatic N) is 2. The Hall–Kier alpha value is -2.45. The Morgan fingerprint density at radius 1 is 1.12 bits per heavy atom. The standard InChI is InChI=1S/C18H16FN3O2S2/c1-24-15-8-4-12(5-9-15)10-16(23)20-17-21-22-18(26-17)25-11-13-2-6-14(19)7-3-13/h2-9H,10-11H2,1H3,(H,20,21,23). The normalized spacial score (nSPS) is 10.5. The number of ether oxygens (including phenoxy) is 1. The van der Waals surface area contributed by atoms with Crippen molar-refractivity contribution >= 4 is 34.1 Å². The molecule has 2 aromatic carbocycles. The summed E-state index contributed by atoms with van der Waals surface area (Å²) in [5.74, 6) is 1.01. The number of carbonyl (C=O) groups excluding carboxylic acids is 1. The van der Waals surface area contributed by atoms with E-state index in [4.69, 9.17) is 4.74 Å². The van der Waals surface area contributed by atoms with Gasteiger partial charge in [-0.25, -0.2) is 4.39 Å². The first-order chi connectivity index (χ1) is 12.6. The molecule has 0 unspecified atom stereocenters. The van der Waals surface area contributed by atoms with Gasteiger partial charge in [0, 0.05) is 5.75 Å². The molecule has 0 atom stereocenters. The number of methoxy groups -OCH3 is 1. The molecule has 0 saturated carbocycles. The van der Waals surface area contributed by atoms with Gasteiger partial charge in [-0.3, -0.25) is 4.79 Å². The summed E-state index contributed by atoms with van der Waals surface area (Å²) in [6.07, 6.45) is 0.252. The highest BCUT2D eigenvalue weighted by Crippen LogP contribution is 2.28. The van der Waals surface area contributed by atoms with E-state index >= 15 is 0 Å². The largest absolute Gasteiger partial charge is 0.497 e. The van der Waals surface area contributed by atoms with E-state index in [9.17, 15) is 9.18 Å².